The van der Waals surface area contributed by atoms with E-state index in [9.17, 15) is 9.18 Å². The summed E-state index contributed by atoms with van der Waals surface area (Å²) in [6.45, 7) is -0.0655. The number of hydrogen-bond acceptors (Lipinski definition) is 4. The molecule has 148 valence electrons. The van der Waals surface area contributed by atoms with Gasteiger partial charge in [-0.25, -0.2) is 18.7 Å². The first kappa shape index (κ1) is 18.0. The summed E-state index contributed by atoms with van der Waals surface area (Å²) >= 11 is 0. The molecule has 0 saturated heterocycles. The maximum atomic E-state index is 15.3. The number of nitrogens with one attached hydrogen (secondary N) is 2. The fourth-order valence-electron chi connectivity index (χ4n) is 3.48. The minimum absolute atomic E-state index is 0.0234. The fourth-order valence-corrected chi connectivity index (χ4v) is 3.48. The predicted octanol–water partition coefficient (Wildman–Crippen LogP) is 4.78. The molecule has 2 aromatic carbocycles. The van der Waals surface area contributed by atoms with Gasteiger partial charge in [0, 0.05) is 35.0 Å². The third-order valence-corrected chi connectivity index (χ3v) is 4.83. The lowest BCUT2D eigenvalue weighted by Crippen LogP contribution is -2.01. The van der Waals surface area contributed by atoms with E-state index in [1.54, 1.807) is 0 Å². The molecule has 0 bridgehead atoms. The highest BCUT2D eigenvalue weighted by Crippen LogP contribution is 2.35. The van der Waals surface area contributed by atoms with Gasteiger partial charge >= 0.3 is 0 Å². The van der Waals surface area contributed by atoms with Crippen molar-refractivity contribution in [1.29, 1.82) is 0 Å². The SMILES string of the molecule is O=Cc1c[nH]c2nccc(-c3cc(F)cc(OCc4nc5ccccc5[nH]4)c3F)c12. The molecule has 5 rings (SSSR count). The van der Waals surface area contributed by atoms with Crippen LogP contribution in [0.1, 0.15) is 16.2 Å². The van der Waals surface area contributed by atoms with Crippen molar-refractivity contribution in [2.24, 2.45) is 0 Å². The zero-order valence-corrected chi connectivity index (χ0v) is 15.4. The molecule has 0 aliphatic heterocycles. The van der Waals surface area contributed by atoms with Crippen molar-refractivity contribution in [3.05, 3.63) is 77.9 Å². The van der Waals surface area contributed by atoms with Crippen LogP contribution in [0.4, 0.5) is 8.78 Å². The van der Waals surface area contributed by atoms with E-state index in [0.29, 0.717) is 34.3 Å². The quantitative estimate of drug-likeness (QED) is 0.413. The molecular weight excluding hydrogens is 390 g/mol. The van der Waals surface area contributed by atoms with Crippen LogP contribution in [0.25, 0.3) is 33.2 Å². The van der Waals surface area contributed by atoms with Crippen molar-refractivity contribution in [2.75, 3.05) is 0 Å². The summed E-state index contributed by atoms with van der Waals surface area (Å²) in [5.74, 6) is -1.17. The zero-order valence-electron chi connectivity index (χ0n) is 15.4. The summed E-state index contributed by atoms with van der Waals surface area (Å²) in [4.78, 5) is 25.8. The lowest BCUT2D eigenvalue weighted by molar-refractivity contribution is 0.112. The second kappa shape index (κ2) is 7.07. The van der Waals surface area contributed by atoms with Crippen molar-refractivity contribution in [1.82, 2.24) is 19.9 Å². The molecule has 0 fully saturated rings. The van der Waals surface area contributed by atoms with E-state index in [-0.39, 0.29) is 17.9 Å². The normalized spacial score (nSPS) is 11.3. The number of halogens is 2. The van der Waals surface area contributed by atoms with E-state index in [0.717, 1.165) is 23.2 Å². The third kappa shape index (κ3) is 2.98. The van der Waals surface area contributed by atoms with Gasteiger partial charge in [-0.05, 0) is 29.8 Å². The lowest BCUT2D eigenvalue weighted by Gasteiger charge is -2.11. The number of carbonyl (C=O) groups is 1. The molecule has 30 heavy (non-hydrogen) atoms. The average Bonchev–Trinajstić information content (AvgIpc) is 3.37. The highest BCUT2D eigenvalue weighted by atomic mass is 19.1. The molecule has 0 spiro atoms. The van der Waals surface area contributed by atoms with Crippen LogP contribution in [-0.4, -0.2) is 26.2 Å². The van der Waals surface area contributed by atoms with Crippen LogP contribution in [0.5, 0.6) is 5.75 Å². The number of ether oxygens (including phenoxy) is 1. The maximum absolute atomic E-state index is 15.3. The molecule has 0 atom stereocenters. The van der Waals surface area contributed by atoms with E-state index in [1.165, 1.54) is 18.5 Å². The first-order valence-electron chi connectivity index (χ1n) is 9.11. The molecule has 3 heterocycles. The molecule has 6 nitrogen and oxygen atoms in total. The summed E-state index contributed by atoms with van der Waals surface area (Å²) in [6, 6.07) is 11.0. The van der Waals surface area contributed by atoms with Crippen LogP contribution in [0, 0.1) is 11.6 Å². The molecule has 0 saturated carbocycles. The number of imidazole rings is 1. The number of aldehydes is 1. The molecule has 0 radical (unpaired) electrons. The van der Waals surface area contributed by atoms with Crippen LogP contribution in [0.2, 0.25) is 0 Å². The second-order valence-corrected chi connectivity index (χ2v) is 6.70. The van der Waals surface area contributed by atoms with Crippen molar-refractivity contribution >= 4 is 28.4 Å². The Labute approximate surface area is 168 Å². The number of aromatic nitrogens is 4. The van der Waals surface area contributed by atoms with Gasteiger partial charge in [0.25, 0.3) is 0 Å². The van der Waals surface area contributed by atoms with Crippen LogP contribution in [-0.2, 0) is 6.61 Å². The molecular formula is C22H14F2N4O2. The van der Waals surface area contributed by atoms with Gasteiger partial charge in [0.05, 0.1) is 11.0 Å². The number of hydrogen-bond donors (Lipinski definition) is 2. The Morgan fingerprint density at radius 1 is 1.10 bits per heavy atom. The molecule has 0 aliphatic rings. The molecule has 2 N–H and O–H groups in total. The van der Waals surface area contributed by atoms with Gasteiger partial charge in [-0.2, -0.15) is 0 Å². The number of nitrogens with zero attached hydrogens (tertiary/aromatic N) is 2. The fraction of sp³-hybridized carbons (Fsp3) is 0.0455. The molecule has 8 heteroatoms. The van der Waals surface area contributed by atoms with Crippen molar-refractivity contribution in [3.8, 4) is 16.9 Å². The second-order valence-electron chi connectivity index (χ2n) is 6.70. The Bertz CT molecular complexity index is 1370. The first-order chi connectivity index (χ1) is 14.6. The number of carbonyl (C=O) groups excluding carboxylic acids is 1. The van der Waals surface area contributed by atoms with Crippen LogP contribution in [0.15, 0.2) is 54.9 Å². The van der Waals surface area contributed by atoms with Crippen molar-refractivity contribution in [2.45, 2.75) is 6.61 Å². The highest BCUT2D eigenvalue weighted by Gasteiger charge is 2.19. The smallest absolute Gasteiger partial charge is 0.173 e. The first-order valence-corrected chi connectivity index (χ1v) is 9.11. The average molecular weight is 404 g/mol. The molecule has 0 aliphatic carbocycles. The van der Waals surface area contributed by atoms with Gasteiger partial charge in [0.1, 0.15) is 23.9 Å². The number of aromatic amines is 2. The van der Waals surface area contributed by atoms with Crippen LogP contribution >= 0.6 is 0 Å². The minimum Gasteiger partial charge on any atom is -0.482 e. The lowest BCUT2D eigenvalue weighted by atomic mass is 10.0. The van der Waals surface area contributed by atoms with Gasteiger partial charge in [0.2, 0.25) is 0 Å². The van der Waals surface area contributed by atoms with Crippen molar-refractivity contribution in [3.63, 3.8) is 0 Å². The standard InChI is InChI=1S/C22H14F2N4O2/c23-13-7-15(14-5-6-25-22-20(14)12(10-29)9-26-22)21(24)18(8-13)30-11-19-27-16-3-1-2-4-17(16)28-19/h1-10H,11H2,(H,25,26)(H,27,28). The van der Waals surface area contributed by atoms with Gasteiger partial charge in [-0.15, -0.1) is 0 Å². The Hall–Kier alpha value is -4.07. The molecule has 5 aromatic rings. The number of H-pyrrole nitrogens is 2. The molecule has 3 aromatic heterocycles. The van der Waals surface area contributed by atoms with Crippen LogP contribution in [0.3, 0.4) is 0 Å². The number of benzene rings is 2. The monoisotopic (exact) mass is 404 g/mol. The molecule has 0 unspecified atom stereocenters. The van der Waals surface area contributed by atoms with Gasteiger partial charge in [0.15, 0.2) is 17.9 Å². The topological polar surface area (TPSA) is 83.7 Å². The highest BCUT2D eigenvalue weighted by molar-refractivity contribution is 6.04. The summed E-state index contributed by atoms with van der Waals surface area (Å²) in [7, 11) is 0. The van der Waals surface area contributed by atoms with Gasteiger partial charge < -0.3 is 14.7 Å². The summed E-state index contributed by atoms with van der Waals surface area (Å²) in [5.41, 5.74) is 2.61. The van der Waals surface area contributed by atoms with E-state index < -0.39 is 11.6 Å². The maximum Gasteiger partial charge on any atom is 0.173 e. The summed E-state index contributed by atoms with van der Waals surface area (Å²) in [5, 5.41) is 0.417. The Morgan fingerprint density at radius 2 is 1.97 bits per heavy atom. The third-order valence-electron chi connectivity index (χ3n) is 4.83. The summed E-state index contributed by atoms with van der Waals surface area (Å²) in [6.07, 6.45) is 3.58. The van der Waals surface area contributed by atoms with E-state index >= 15 is 4.39 Å². The number of pyridine rings is 1. The van der Waals surface area contributed by atoms with Gasteiger partial charge in [-0.1, -0.05) is 12.1 Å². The number of fused-ring (bicyclic) bond motifs is 2. The van der Waals surface area contributed by atoms with Gasteiger partial charge in [-0.3, -0.25) is 4.79 Å². The van der Waals surface area contributed by atoms with Crippen molar-refractivity contribution < 1.29 is 18.3 Å². The number of para-hydroxylation sites is 2. The van der Waals surface area contributed by atoms with E-state index in [2.05, 4.69) is 19.9 Å². The number of rotatable bonds is 5. The Kier molecular flexibility index (Phi) is 4.24. The van der Waals surface area contributed by atoms with Crippen LogP contribution < -0.4 is 4.74 Å². The predicted molar refractivity (Wildman–Crippen MR) is 107 cm³/mol. The Morgan fingerprint density at radius 3 is 2.80 bits per heavy atom. The Balaban J connectivity index is 1.54. The summed E-state index contributed by atoms with van der Waals surface area (Å²) < 4.78 is 35.1. The zero-order chi connectivity index (χ0) is 20.7. The molecule has 0 amide bonds. The minimum atomic E-state index is -0.738. The largest absolute Gasteiger partial charge is 0.482 e. The van der Waals surface area contributed by atoms with E-state index in [4.69, 9.17) is 4.74 Å². The van der Waals surface area contributed by atoms with E-state index in [1.807, 2.05) is 24.3 Å².